The summed E-state index contributed by atoms with van der Waals surface area (Å²) in [6, 6.07) is 3.55. The highest BCUT2D eigenvalue weighted by atomic mass is 35.5. The van der Waals surface area contributed by atoms with E-state index >= 15 is 0 Å². The Hall–Kier alpha value is -1.88. The van der Waals surface area contributed by atoms with Crippen molar-refractivity contribution in [1.29, 1.82) is 0 Å². The van der Waals surface area contributed by atoms with Gasteiger partial charge in [0.05, 0.1) is 27.0 Å². The summed E-state index contributed by atoms with van der Waals surface area (Å²) in [4.78, 5) is 0. The summed E-state index contributed by atoms with van der Waals surface area (Å²) < 4.78 is 17.4. The van der Waals surface area contributed by atoms with Gasteiger partial charge in [-0.05, 0) is 6.07 Å². The first-order chi connectivity index (χ1) is 8.72. The van der Waals surface area contributed by atoms with Gasteiger partial charge in [0, 0.05) is 18.5 Å². The molecule has 6 heteroatoms. The van der Waals surface area contributed by atoms with Crippen molar-refractivity contribution in [3.63, 3.8) is 0 Å². The predicted molar refractivity (Wildman–Crippen MR) is 68.2 cm³/mol. The third-order valence-corrected chi connectivity index (χ3v) is 2.87. The molecule has 0 N–H and O–H groups in total. The Bertz CT molecular complexity index is 541. The molecule has 0 aliphatic carbocycles. The number of rotatable bonds is 4. The molecule has 1 aromatic heterocycles. The molecule has 0 fully saturated rings. The number of halogens is 1. The molecular formula is C12H13ClN2O3. The van der Waals surface area contributed by atoms with Gasteiger partial charge in [-0.3, -0.25) is 0 Å². The van der Waals surface area contributed by atoms with Crippen LogP contribution in [0.5, 0.6) is 17.2 Å². The fraction of sp³-hybridized carbons (Fsp3) is 0.250. The molecule has 0 amide bonds. The van der Waals surface area contributed by atoms with Crippen molar-refractivity contribution in [2.45, 2.75) is 0 Å². The van der Waals surface area contributed by atoms with Crippen molar-refractivity contribution in [1.82, 2.24) is 9.78 Å². The first-order valence-corrected chi connectivity index (χ1v) is 5.59. The maximum absolute atomic E-state index is 6.29. The minimum atomic E-state index is 0.416. The van der Waals surface area contributed by atoms with E-state index < -0.39 is 0 Å². The van der Waals surface area contributed by atoms with Gasteiger partial charge in [0.1, 0.15) is 5.02 Å². The lowest BCUT2D eigenvalue weighted by atomic mass is 10.2. The maximum Gasteiger partial charge on any atom is 0.205 e. The molecule has 0 aliphatic rings. The van der Waals surface area contributed by atoms with Crippen molar-refractivity contribution in [2.75, 3.05) is 21.3 Å². The average Bonchev–Trinajstić information content (AvgIpc) is 2.91. The van der Waals surface area contributed by atoms with Crippen molar-refractivity contribution < 1.29 is 14.2 Å². The molecule has 0 bridgehead atoms. The molecule has 0 unspecified atom stereocenters. The fourth-order valence-electron chi connectivity index (χ4n) is 1.69. The number of aromatic nitrogens is 2. The monoisotopic (exact) mass is 268 g/mol. The van der Waals surface area contributed by atoms with Crippen LogP contribution in [0.15, 0.2) is 24.5 Å². The highest BCUT2D eigenvalue weighted by molar-refractivity contribution is 6.34. The molecule has 1 aromatic carbocycles. The number of nitrogens with zero attached hydrogens (tertiary/aromatic N) is 2. The van der Waals surface area contributed by atoms with Crippen molar-refractivity contribution in [2.24, 2.45) is 0 Å². The second-order valence-corrected chi connectivity index (χ2v) is 3.81. The standard InChI is InChI=1S/C12H13ClN2O3/c1-16-9-7-8(15-6-4-5-14-15)10(13)12(18-3)11(9)17-2/h4-7H,1-3H3. The normalized spacial score (nSPS) is 10.2. The third kappa shape index (κ3) is 1.97. The largest absolute Gasteiger partial charge is 0.493 e. The molecule has 0 saturated carbocycles. The zero-order valence-electron chi connectivity index (χ0n) is 10.3. The molecule has 0 aliphatic heterocycles. The first kappa shape index (κ1) is 12.6. The van der Waals surface area contributed by atoms with Crippen molar-refractivity contribution in [3.8, 4) is 22.9 Å². The minimum absolute atomic E-state index is 0.416. The predicted octanol–water partition coefficient (Wildman–Crippen LogP) is 2.55. The van der Waals surface area contributed by atoms with Gasteiger partial charge in [0.25, 0.3) is 0 Å². The second-order valence-electron chi connectivity index (χ2n) is 3.43. The van der Waals surface area contributed by atoms with E-state index in [1.807, 2.05) is 0 Å². The Morgan fingerprint density at radius 3 is 2.33 bits per heavy atom. The lowest BCUT2D eigenvalue weighted by Crippen LogP contribution is -2.01. The van der Waals surface area contributed by atoms with Crippen LogP contribution >= 0.6 is 11.6 Å². The van der Waals surface area contributed by atoms with E-state index in [9.17, 15) is 0 Å². The molecular weight excluding hydrogens is 256 g/mol. The summed E-state index contributed by atoms with van der Waals surface area (Å²) in [5, 5.41) is 4.55. The van der Waals surface area contributed by atoms with Gasteiger partial charge in [0.2, 0.25) is 5.75 Å². The zero-order valence-corrected chi connectivity index (χ0v) is 11.1. The first-order valence-electron chi connectivity index (χ1n) is 5.21. The molecule has 2 rings (SSSR count). The van der Waals surface area contributed by atoms with E-state index in [1.165, 1.54) is 14.2 Å². The summed E-state index contributed by atoms with van der Waals surface area (Å²) in [7, 11) is 4.61. The van der Waals surface area contributed by atoms with Crippen LogP contribution < -0.4 is 14.2 Å². The van der Waals surface area contributed by atoms with Crippen molar-refractivity contribution in [3.05, 3.63) is 29.5 Å². The molecule has 1 heterocycles. The molecule has 0 spiro atoms. The van der Waals surface area contributed by atoms with Crippen molar-refractivity contribution >= 4 is 11.6 Å². The smallest absolute Gasteiger partial charge is 0.205 e. The summed E-state index contributed by atoms with van der Waals surface area (Å²) in [5.74, 6) is 1.41. The van der Waals surface area contributed by atoms with Gasteiger partial charge in [0.15, 0.2) is 11.5 Å². The van der Waals surface area contributed by atoms with Crippen LogP contribution in [-0.2, 0) is 0 Å². The summed E-state index contributed by atoms with van der Waals surface area (Å²) in [6.45, 7) is 0. The van der Waals surface area contributed by atoms with Crippen LogP contribution in [0, 0.1) is 0 Å². The maximum atomic E-state index is 6.29. The molecule has 0 saturated heterocycles. The average molecular weight is 269 g/mol. The number of benzene rings is 1. The number of ether oxygens (including phenoxy) is 3. The van der Waals surface area contributed by atoms with Crippen LogP contribution in [0.4, 0.5) is 0 Å². The molecule has 96 valence electrons. The van der Waals surface area contributed by atoms with Crippen LogP contribution in [0.25, 0.3) is 5.69 Å². The van der Waals surface area contributed by atoms with Gasteiger partial charge in [-0.2, -0.15) is 5.10 Å². The lowest BCUT2D eigenvalue weighted by Gasteiger charge is -2.16. The Balaban J connectivity index is 2.69. The molecule has 2 aromatic rings. The third-order valence-electron chi connectivity index (χ3n) is 2.50. The number of hydrogen-bond donors (Lipinski definition) is 0. The van der Waals surface area contributed by atoms with Gasteiger partial charge in [-0.25, -0.2) is 4.68 Å². The Morgan fingerprint density at radius 2 is 1.83 bits per heavy atom. The van der Waals surface area contributed by atoms with E-state index in [0.29, 0.717) is 28.0 Å². The van der Waals surface area contributed by atoms with E-state index in [4.69, 9.17) is 25.8 Å². The minimum Gasteiger partial charge on any atom is -0.493 e. The molecule has 5 nitrogen and oxygen atoms in total. The fourth-order valence-corrected chi connectivity index (χ4v) is 1.99. The Morgan fingerprint density at radius 1 is 1.11 bits per heavy atom. The van der Waals surface area contributed by atoms with Gasteiger partial charge in [-0.1, -0.05) is 11.6 Å². The summed E-state index contributed by atoms with van der Waals surface area (Å²) in [5.41, 5.74) is 0.663. The van der Waals surface area contributed by atoms with Crippen LogP contribution in [0.1, 0.15) is 0 Å². The molecule has 0 atom stereocenters. The summed E-state index contributed by atoms with van der Waals surface area (Å²) in [6.07, 6.45) is 3.45. The lowest BCUT2D eigenvalue weighted by molar-refractivity contribution is 0.324. The SMILES string of the molecule is COc1cc(-n2cccn2)c(Cl)c(OC)c1OC. The quantitative estimate of drug-likeness (QED) is 0.855. The van der Waals surface area contributed by atoms with Gasteiger partial charge < -0.3 is 14.2 Å². The molecule has 18 heavy (non-hydrogen) atoms. The summed E-state index contributed by atoms with van der Waals surface area (Å²) >= 11 is 6.29. The Labute approximate surface area is 110 Å². The van der Waals surface area contributed by atoms with E-state index in [1.54, 1.807) is 36.3 Å². The second kappa shape index (κ2) is 5.18. The van der Waals surface area contributed by atoms with E-state index in [0.717, 1.165) is 0 Å². The zero-order chi connectivity index (χ0) is 13.1. The van der Waals surface area contributed by atoms with Gasteiger partial charge in [-0.15, -0.1) is 0 Å². The van der Waals surface area contributed by atoms with E-state index in [-0.39, 0.29) is 0 Å². The topological polar surface area (TPSA) is 45.5 Å². The highest BCUT2D eigenvalue weighted by Gasteiger charge is 2.20. The molecule has 0 radical (unpaired) electrons. The number of hydrogen-bond acceptors (Lipinski definition) is 4. The highest BCUT2D eigenvalue weighted by Crippen LogP contribution is 2.45. The van der Waals surface area contributed by atoms with Crippen LogP contribution in [-0.4, -0.2) is 31.1 Å². The number of methoxy groups -OCH3 is 3. The van der Waals surface area contributed by atoms with E-state index in [2.05, 4.69) is 5.10 Å². The van der Waals surface area contributed by atoms with Crippen LogP contribution in [0.2, 0.25) is 5.02 Å². The van der Waals surface area contributed by atoms with Gasteiger partial charge >= 0.3 is 0 Å². The van der Waals surface area contributed by atoms with Crippen LogP contribution in [0.3, 0.4) is 0 Å². The Kier molecular flexibility index (Phi) is 3.62.